The lowest BCUT2D eigenvalue weighted by molar-refractivity contribution is -0.161. The molecule has 3 aromatic rings. The highest BCUT2D eigenvalue weighted by Gasteiger charge is 2.56. The first kappa shape index (κ1) is 25.5. The van der Waals surface area contributed by atoms with Crippen molar-refractivity contribution in [3.8, 4) is 17.2 Å². The van der Waals surface area contributed by atoms with Gasteiger partial charge in [-0.1, -0.05) is 0 Å². The number of carbonyl (C=O) groups is 1. The van der Waals surface area contributed by atoms with Crippen molar-refractivity contribution in [3.05, 3.63) is 63.5 Å². The minimum absolute atomic E-state index is 0.231. The number of ether oxygens (including phenoxy) is 3. The number of aryl methyl sites for hydroxylation is 1. The average molecular weight is 544 g/mol. The van der Waals surface area contributed by atoms with Crippen LogP contribution < -0.4 is 19.8 Å². The van der Waals surface area contributed by atoms with Gasteiger partial charge in [0.25, 0.3) is 0 Å². The third kappa shape index (κ3) is 4.16. The molecule has 8 rings (SSSR count). The van der Waals surface area contributed by atoms with Crippen molar-refractivity contribution < 1.29 is 23.4 Å². The van der Waals surface area contributed by atoms with Crippen molar-refractivity contribution in [1.82, 2.24) is 4.90 Å². The summed E-state index contributed by atoms with van der Waals surface area (Å²) in [6.07, 6.45) is 7.77. The van der Waals surface area contributed by atoms with E-state index in [1.54, 1.807) is 20.3 Å². The Kier molecular flexibility index (Phi) is 6.09. The number of hydrogen-bond donors (Lipinski definition) is 0. The Hall–Kier alpha value is -3.48. The Morgan fingerprint density at radius 1 is 0.975 bits per heavy atom. The Balaban J connectivity index is 1.24. The molecule has 0 spiro atoms. The second-order valence-electron chi connectivity index (χ2n) is 12.6. The summed E-state index contributed by atoms with van der Waals surface area (Å²) in [5.41, 5.74) is 2.96. The maximum Gasteiger partial charge on any atom is 0.336 e. The van der Waals surface area contributed by atoms with Crippen LogP contribution in [0, 0.1) is 30.1 Å². The van der Waals surface area contributed by atoms with E-state index in [1.807, 2.05) is 31.2 Å². The number of fused-ring (bicyclic) bond motifs is 2. The van der Waals surface area contributed by atoms with Crippen LogP contribution in [0.3, 0.4) is 0 Å². The Morgan fingerprint density at radius 2 is 1.65 bits per heavy atom. The monoisotopic (exact) mass is 543 g/mol. The van der Waals surface area contributed by atoms with Gasteiger partial charge in [0.2, 0.25) is 5.91 Å². The molecular formula is C33H37NO6. The normalized spacial score (nSPS) is 28.4. The highest BCUT2D eigenvalue weighted by atomic mass is 16.5. The molecule has 4 saturated carbocycles. The van der Waals surface area contributed by atoms with Gasteiger partial charge >= 0.3 is 5.63 Å². The molecule has 7 nitrogen and oxygen atoms in total. The molecule has 7 heteroatoms. The third-order valence-electron chi connectivity index (χ3n) is 10.1. The van der Waals surface area contributed by atoms with Crippen molar-refractivity contribution in [1.29, 1.82) is 0 Å². The van der Waals surface area contributed by atoms with Gasteiger partial charge < -0.3 is 23.5 Å². The van der Waals surface area contributed by atoms with E-state index >= 15 is 0 Å². The molecule has 0 unspecified atom stereocenters. The lowest BCUT2D eigenvalue weighted by atomic mass is 9.49. The number of hydrogen-bond acceptors (Lipinski definition) is 6. The van der Waals surface area contributed by atoms with E-state index in [1.165, 1.54) is 25.3 Å². The summed E-state index contributed by atoms with van der Waals surface area (Å²) < 4.78 is 23.1. The summed E-state index contributed by atoms with van der Waals surface area (Å²) in [4.78, 5) is 28.7. The fourth-order valence-corrected chi connectivity index (χ4v) is 8.70. The number of nitrogens with zero attached hydrogens (tertiary/aromatic N) is 1. The summed E-state index contributed by atoms with van der Waals surface area (Å²) in [5.74, 6) is 4.35. The Labute approximate surface area is 234 Å². The van der Waals surface area contributed by atoms with Gasteiger partial charge in [0, 0.05) is 24.1 Å². The van der Waals surface area contributed by atoms with Crippen molar-refractivity contribution in [2.24, 2.45) is 23.2 Å². The molecular weight excluding hydrogens is 506 g/mol. The standard InChI is InChI=1S/C33H37NO6/c1-19-8-31(35)40-28-13-24(4-5-25(19)28)39-18-27-26-14-30(38-3)29(37-2)12-23(26)6-7-34(27)32(36)33-15-20-9-21(16-33)11-22(10-20)17-33/h4-5,8,12-14,20-22,27H,6-7,9-11,15-18H2,1-3H3/t20?,21?,22?,27-,33?/m1/s1. The summed E-state index contributed by atoms with van der Waals surface area (Å²) in [6.45, 7) is 2.85. The molecule has 4 fully saturated rings. The van der Waals surface area contributed by atoms with E-state index in [2.05, 4.69) is 4.90 Å². The molecule has 0 saturated heterocycles. The van der Waals surface area contributed by atoms with Crippen LogP contribution in [0.4, 0.5) is 0 Å². The fourth-order valence-electron chi connectivity index (χ4n) is 8.70. The SMILES string of the molecule is COc1cc2c(cc1OC)[C@@H](COc1ccc3c(C)cc(=O)oc3c1)N(C(=O)C13CC4CC(CC(C4)C1)C3)CC2. The zero-order valence-electron chi connectivity index (χ0n) is 23.5. The molecule has 40 heavy (non-hydrogen) atoms. The van der Waals surface area contributed by atoms with Crippen LogP contribution in [0.25, 0.3) is 11.0 Å². The van der Waals surface area contributed by atoms with Crippen molar-refractivity contribution in [2.45, 2.75) is 57.9 Å². The van der Waals surface area contributed by atoms with E-state index in [0.29, 0.717) is 59.6 Å². The maximum atomic E-state index is 14.6. The van der Waals surface area contributed by atoms with Crippen LogP contribution in [0.1, 0.15) is 61.3 Å². The average Bonchev–Trinajstić information content (AvgIpc) is 2.93. The van der Waals surface area contributed by atoms with Gasteiger partial charge in [0.15, 0.2) is 11.5 Å². The molecule has 1 atom stereocenters. The summed E-state index contributed by atoms with van der Waals surface area (Å²) in [6, 6.07) is 10.9. The number of amides is 1. The largest absolute Gasteiger partial charge is 0.493 e. The van der Waals surface area contributed by atoms with E-state index in [-0.39, 0.29) is 17.1 Å². The first-order chi connectivity index (χ1) is 19.4. The number of carbonyl (C=O) groups excluding carboxylic acids is 1. The number of benzene rings is 2. The molecule has 4 aliphatic carbocycles. The molecule has 2 heterocycles. The molecule has 0 radical (unpaired) electrons. The first-order valence-corrected chi connectivity index (χ1v) is 14.6. The van der Waals surface area contributed by atoms with Gasteiger partial charge in [-0.25, -0.2) is 4.79 Å². The van der Waals surface area contributed by atoms with Crippen molar-refractivity contribution >= 4 is 16.9 Å². The minimum Gasteiger partial charge on any atom is -0.493 e. The van der Waals surface area contributed by atoms with Gasteiger partial charge in [0.1, 0.15) is 17.9 Å². The molecule has 5 aliphatic rings. The Morgan fingerprint density at radius 3 is 2.33 bits per heavy atom. The lowest BCUT2D eigenvalue weighted by Gasteiger charge is -2.57. The minimum atomic E-state index is -0.378. The summed E-state index contributed by atoms with van der Waals surface area (Å²) in [5, 5.41) is 0.880. The molecule has 210 valence electrons. The lowest BCUT2D eigenvalue weighted by Crippen LogP contribution is -2.56. The molecule has 4 bridgehead atoms. The highest BCUT2D eigenvalue weighted by molar-refractivity contribution is 5.84. The van der Waals surface area contributed by atoms with E-state index in [9.17, 15) is 9.59 Å². The number of rotatable bonds is 6. The van der Waals surface area contributed by atoms with Gasteiger partial charge in [-0.05, 0) is 111 Å². The van der Waals surface area contributed by atoms with E-state index in [4.69, 9.17) is 18.6 Å². The van der Waals surface area contributed by atoms with Crippen LogP contribution in [0.15, 0.2) is 45.6 Å². The third-order valence-corrected chi connectivity index (χ3v) is 10.1. The molecule has 1 aromatic heterocycles. The summed E-state index contributed by atoms with van der Waals surface area (Å²) >= 11 is 0. The van der Waals surface area contributed by atoms with Crippen molar-refractivity contribution in [2.75, 3.05) is 27.4 Å². The predicted molar refractivity (Wildman–Crippen MR) is 151 cm³/mol. The van der Waals surface area contributed by atoms with Crippen LogP contribution in [0.5, 0.6) is 17.2 Å². The van der Waals surface area contributed by atoms with Crippen LogP contribution in [-0.2, 0) is 11.2 Å². The van der Waals surface area contributed by atoms with Gasteiger partial charge in [-0.3, -0.25) is 4.79 Å². The van der Waals surface area contributed by atoms with E-state index < -0.39 is 0 Å². The number of methoxy groups -OCH3 is 2. The highest BCUT2D eigenvalue weighted by Crippen LogP contribution is 2.61. The zero-order chi connectivity index (χ0) is 27.6. The Bertz CT molecular complexity index is 1500. The molecule has 1 aliphatic heterocycles. The topological polar surface area (TPSA) is 78.2 Å². The quantitative estimate of drug-likeness (QED) is 0.364. The van der Waals surface area contributed by atoms with Crippen LogP contribution in [0.2, 0.25) is 0 Å². The van der Waals surface area contributed by atoms with Gasteiger partial charge in [0.05, 0.1) is 25.7 Å². The summed E-state index contributed by atoms with van der Waals surface area (Å²) in [7, 11) is 3.29. The van der Waals surface area contributed by atoms with Crippen LogP contribution >= 0.6 is 0 Å². The zero-order valence-corrected chi connectivity index (χ0v) is 23.5. The van der Waals surface area contributed by atoms with Crippen molar-refractivity contribution in [3.63, 3.8) is 0 Å². The molecule has 2 aromatic carbocycles. The van der Waals surface area contributed by atoms with Gasteiger partial charge in [-0.2, -0.15) is 0 Å². The van der Waals surface area contributed by atoms with Crippen LogP contribution in [-0.4, -0.2) is 38.2 Å². The second kappa shape index (κ2) is 9.57. The van der Waals surface area contributed by atoms with Gasteiger partial charge in [-0.15, -0.1) is 0 Å². The first-order valence-electron chi connectivity index (χ1n) is 14.6. The second-order valence-corrected chi connectivity index (χ2v) is 12.6. The van der Waals surface area contributed by atoms with E-state index in [0.717, 1.165) is 47.8 Å². The fraction of sp³-hybridized carbons (Fsp3) is 0.515. The smallest absolute Gasteiger partial charge is 0.336 e. The maximum absolute atomic E-state index is 14.6. The molecule has 1 amide bonds. The predicted octanol–water partition coefficient (Wildman–Crippen LogP) is 5.84. The molecule has 0 N–H and O–H groups in total.